The van der Waals surface area contributed by atoms with Crippen LogP contribution in [0.4, 0.5) is 0 Å². The van der Waals surface area contributed by atoms with Crippen molar-refractivity contribution in [1.82, 2.24) is 4.90 Å². The van der Waals surface area contributed by atoms with Gasteiger partial charge in [-0.25, -0.2) is 0 Å². The maximum absolute atomic E-state index is 12.7. The molecule has 4 heteroatoms. The zero-order valence-electron chi connectivity index (χ0n) is 24.8. The summed E-state index contributed by atoms with van der Waals surface area (Å²) < 4.78 is 5.64. The number of carbonyl (C=O) groups excluding carboxylic acids is 1. The molecule has 0 heterocycles. The van der Waals surface area contributed by atoms with Crippen LogP contribution in [0.25, 0.3) is 10.8 Å². The molecule has 0 aromatic heterocycles. The normalized spacial score (nSPS) is 11.1. The van der Waals surface area contributed by atoms with Crippen LogP contribution < -0.4 is 0 Å². The second kappa shape index (κ2) is 21.4. The molecule has 0 fully saturated rings. The molecule has 3 aromatic rings. The molecule has 0 N–H and O–H groups in total. The van der Waals surface area contributed by atoms with Crippen LogP contribution in [0.3, 0.4) is 0 Å². The topological polar surface area (TPSA) is 29.5 Å². The summed E-state index contributed by atoms with van der Waals surface area (Å²) in [6.45, 7) is 4.56. The molecule has 3 rings (SSSR count). The fraction of sp³-hybridized carbons (Fsp3) is 0.528. The van der Waals surface area contributed by atoms with Crippen molar-refractivity contribution in [2.75, 3.05) is 13.2 Å². The molecule has 0 aliphatic rings. The Morgan fingerprint density at radius 1 is 0.600 bits per heavy atom. The molecule has 0 unspecified atom stereocenters. The van der Waals surface area contributed by atoms with E-state index < -0.39 is 0 Å². The van der Waals surface area contributed by atoms with Crippen molar-refractivity contribution < 1.29 is 9.53 Å². The molecule has 0 saturated heterocycles. The zero-order chi connectivity index (χ0) is 27.4. The average molecular weight is 566 g/mol. The smallest absolute Gasteiger partial charge is 0.320 e. The third-order valence-electron chi connectivity index (χ3n) is 7.58. The average Bonchev–Trinajstić information content (AvgIpc) is 2.95. The van der Waals surface area contributed by atoms with Crippen LogP contribution in [0.15, 0.2) is 72.8 Å². The van der Waals surface area contributed by atoms with Crippen molar-refractivity contribution in [3.05, 3.63) is 83.9 Å². The van der Waals surface area contributed by atoms with Crippen LogP contribution in [0.2, 0.25) is 0 Å². The Balaban J connectivity index is 0.00000560. The molecule has 0 radical (unpaired) electrons. The first-order valence-electron chi connectivity index (χ1n) is 15.6. The summed E-state index contributed by atoms with van der Waals surface area (Å²) >= 11 is 0. The lowest BCUT2D eigenvalue weighted by atomic mass is 10.0. The Hall–Kier alpha value is -2.36. The monoisotopic (exact) mass is 565 g/mol. The minimum Gasteiger partial charge on any atom is -0.465 e. The summed E-state index contributed by atoms with van der Waals surface area (Å²) in [5.41, 5.74) is 2.42. The van der Waals surface area contributed by atoms with Crippen molar-refractivity contribution in [3.8, 4) is 0 Å². The van der Waals surface area contributed by atoms with Crippen molar-refractivity contribution in [2.45, 2.75) is 110 Å². The van der Waals surface area contributed by atoms with Crippen molar-refractivity contribution in [3.63, 3.8) is 0 Å². The third-order valence-corrected chi connectivity index (χ3v) is 7.58. The number of rotatable bonds is 21. The Labute approximate surface area is 250 Å². The Kier molecular flexibility index (Phi) is 18.1. The third kappa shape index (κ3) is 14.3. The Morgan fingerprint density at radius 2 is 1.12 bits per heavy atom. The van der Waals surface area contributed by atoms with Gasteiger partial charge >= 0.3 is 5.97 Å². The van der Waals surface area contributed by atoms with Gasteiger partial charge in [-0.15, -0.1) is 12.4 Å². The van der Waals surface area contributed by atoms with Crippen LogP contribution in [0.1, 0.15) is 108 Å². The van der Waals surface area contributed by atoms with Crippen LogP contribution in [0.5, 0.6) is 0 Å². The summed E-state index contributed by atoms with van der Waals surface area (Å²) in [4.78, 5) is 14.9. The molecule has 0 atom stereocenters. The quantitative estimate of drug-likeness (QED) is 0.0950. The number of halogens is 1. The number of esters is 1. The molecule has 40 heavy (non-hydrogen) atoms. The second-order valence-electron chi connectivity index (χ2n) is 11.1. The van der Waals surface area contributed by atoms with E-state index in [1.54, 1.807) is 0 Å². The number of hydrogen-bond donors (Lipinski definition) is 0. The zero-order valence-corrected chi connectivity index (χ0v) is 25.6. The largest absolute Gasteiger partial charge is 0.465 e. The van der Waals surface area contributed by atoms with Crippen LogP contribution in [-0.4, -0.2) is 24.0 Å². The first-order valence-corrected chi connectivity index (χ1v) is 15.6. The first kappa shape index (κ1) is 33.8. The number of nitrogens with zero attached hydrogens (tertiary/aromatic N) is 1. The summed E-state index contributed by atoms with van der Waals surface area (Å²) in [5.74, 6) is -0.124. The van der Waals surface area contributed by atoms with Gasteiger partial charge in [-0.2, -0.15) is 0 Å². The van der Waals surface area contributed by atoms with Gasteiger partial charge in [-0.1, -0.05) is 157 Å². The molecule has 3 aromatic carbocycles. The fourth-order valence-electron chi connectivity index (χ4n) is 5.32. The first-order chi connectivity index (χ1) is 19.2. The standard InChI is InChI=1S/C36H51NO2.ClH/c1-2-3-4-5-6-7-8-9-10-11-12-13-14-20-27-39-36(38)31-37(29-32-21-16-15-17-22-32)30-33-25-26-34-23-18-19-24-35(34)28-33;/h15-19,21-26,28H,2-14,20,27,29-31H2,1H3;1H. The number of fused-ring (bicyclic) bond motifs is 1. The molecular weight excluding hydrogens is 514 g/mol. The SMILES string of the molecule is CCCCCCCCCCCCCCCCOC(=O)CN(Cc1ccccc1)Cc1ccc2ccccc2c1.Cl. The summed E-state index contributed by atoms with van der Waals surface area (Å²) in [5, 5.41) is 2.47. The molecule has 0 aliphatic heterocycles. The van der Waals surface area contributed by atoms with Gasteiger partial charge in [0.2, 0.25) is 0 Å². The maximum Gasteiger partial charge on any atom is 0.320 e. The van der Waals surface area contributed by atoms with E-state index in [9.17, 15) is 4.79 Å². The van der Waals surface area contributed by atoms with E-state index in [1.165, 1.54) is 98.9 Å². The van der Waals surface area contributed by atoms with Gasteiger partial charge in [0.05, 0.1) is 13.2 Å². The van der Waals surface area contributed by atoms with E-state index in [0.717, 1.165) is 19.4 Å². The molecule has 0 bridgehead atoms. The van der Waals surface area contributed by atoms with Gasteiger partial charge in [0.1, 0.15) is 0 Å². The molecule has 0 amide bonds. The van der Waals surface area contributed by atoms with E-state index in [-0.39, 0.29) is 18.4 Å². The maximum atomic E-state index is 12.7. The lowest BCUT2D eigenvalue weighted by Crippen LogP contribution is -2.30. The van der Waals surface area contributed by atoms with E-state index >= 15 is 0 Å². The van der Waals surface area contributed by atoms with Gasteiger partial charge in [-0.3, -0.25) is 9.69 Å². The summed E-state index contributed by atoms with van der Waals surface area (Å²) in [6, 6.07) is 25.4. The van der Waals surface area contributed by atoms with Crippen LogP contribution >= 0.6 is 12.4 Å². The fourth-order valence-corrected chi connectivity index (χ4v) is 5.32. The summed E-state index contributed by atoms with van der Waals surface area (Å²) in [6.07, 6.45) is 18.6. The van der Waals surface area contributed by atoms with Gasteiger partial charge in [0.25, 0.3) is 0 Å². The highest BCUT2D eigenvalue weighted by Crippen LogP contribution is 2.18. The molecule has 220 valence electrons. The highest BCUT2D eigenvalue weighted by Gasteiger charge is 2.14. The Bertz CT molecular complexity index is 1050. The highest BCUT2D eigenvalue weighted by atomic mass is 35.5. The van der Waals surface area contributed by atoms with E-state index in [2.05, 4.69) is 78.6 Å². The molecule has 3 nitrogen and oxygen atoms in total. The van der Waals surface area contributed by atoms with Crippen LogP contribution in [0, 0.1) is 0 Å². The van der Waals surface area contributed by atoms with Gasteiger partial charge in [0.15, 0.2) is 0 Å². The number of hydrogen-bond acceptors (Lipinski definition) is 3. The van der Waals surface area contributed by atoms with Crippen LogP contribution in [-0.2, 0) is 22.6 Å². The van der Waals surface area contributed by atoms with Crippen molar-refractivity contribution in [1.29, 1.82) is 0 Å². The number of benzene rings is 3. The predicted octanol–water partition coefficient (Wildman–Crippen LogP) is 10.3. The lowest BCUT2D eigenvalue weighted by molar-refractivity contribution is -0.145. The van der Waals surface area contributed by atoms with Crippen molar-refractivity contribution >= 4 is 29.1 Å². The number of unbranched alkanes of at least 4 members (excludes halogenated alkanes) is 13. The van der Waals surface area contributed by atoms with Gasteiger partial charge in [0, 0.05) is 13.1 Å². The molecule has 0 aliphatic carbocycles. The Morgan fingerprint density at radius 3 is 1.75 bits per heavy atom. The van der Waals surface area contributed by atoms with E-state index in [1.807, 2.05) is 6.07 Å². The predicted molar refractivity (Wildman–Crippen MR) is 173 cm³/mol. The molecule has 0 spiro atoms. The molecule has 0 saturated carbocycles. The number of carbonyl (C=O) groups is 1. The van der Waals surface area contributed by atoms with Gasteiger partial charge < -0.3 is 4.74 Å². The van der Waals surface area contributed by atoms with E-state index in [4.69, 9.17) is 4.74 Å². The lowest BCUT2D eigenvalue weighted by Gasteiger charge is -2.22. The van der Waals surface area contributed by atoms with E-state index in [0.29, 0.717) is 19.7 Å². The summed E-state index contributed by atoms with van der Waals surface area (Å²) in [7, 11) is 0. The molecular formula is C36H52ClNO2. The second-order valence-corrected chi connectivity index (χ2v) is 11.1. The number of ether oxygens (including phenoxy) is 1. The van der Waals surface area contributed by atoms with Crippen molar-refractivity contribution in [2.24, 2.45) is 0 Å². The van der Waals surface area contributed by atoms with Gasteiger partial charge in [-0.05, 0) is 34.4 Å². The highest BCUT2D eigenvalue weighted by molar-refractivity contribution is 5.85. The minimum absolute atomic E-state index is 0. The minimum atomic E-state index is -0.124.